The van der Waals surface area contributed by atoms with Crippen LogP contribution in [0.3, 0.4) is 0 Å². The van der Waals surface area contributed by atoms with E-state index >= 15 is 0 Å². The van der Waals surface area contributed by atoms with Gasteiger partial charge in [-0.1, -0.05) is 12.1 Å². The number of hydrogen-bond acceptors (Lipinski definition) is 2. The van der Waals surface area contributed by atoms with Crippen LogP contribution >= 0.6 is 0 Å². The van der Waals surface area contributed by atoms with E-state index in [0.29, 0.717) is 0 Å². The number of nitrogens with two attached hydrogens (primary N) is 1. The predicted octanol–water partition coefficient (Wildman–Crippen LogP) is 1.06. The van der Waals surface area contributed by atoms with Crippen LogP contribution in [0.2, 0.25) is 0 Å². The predicted molar refractivity (Wildman–Crippen MR) is 63.7 cm³/mol. The minimum absolute atomic E-state index is 0.123. The van der Waals surface area contributed by atoms with Gasteiger partial charge in [0.2, 0.25) is 0 Å². The Bertz CT molecular complexity index is 525. The Morgan fingerprint density at radius 3 is 2.94 bits per heavy atom. The van der Waals surface area contributed by atoms with E-state index in [1.807, 2.05) is 31.2 Å². The van der Waals surface area contributed by atoms with Gasteiger partial charge < -0.3 is 10.7 Å². The van der Waals surface area contributed by atoms with E-state index in [1.165, 1.54) is 0 Å². The number of H-pyrrole nitrogens is 1. The van der Waals surface area contributed by atoms with E-state index in [4.69, 9.17) is 5.73 Å². The Morgan fingerprint density at radius 2 is 2.31 bits per heavy atom. The van der Waals surface area contributed by atoms with Crippen molar-refractivity contribution in [1.29, 1.82) is 0 Å². The van der Waals surface area contributed by atoms with Crippen LogP contribution in [-0.4, -0.2) is 15.6 Å². The fourth-order valence-corrected chi connectivity index (χ4v) is 1.73. The summed E-state index contributed by atoms with van der Waals surface area (Å²) in [7, 11) is 0. The lowest BCUT2D eigenvalue weighted by Crippen LogP contribution is -2.18. The van der Waals surface area contributed by atoms with Crippen molar-refractivity contribution in [3.63, 3.8) is 0 Å². The number of imidazole rings is 1. The lowest BCUT2D eigenvalue weighted by molar-refractivity contribution is 0.737. The number of benzene rings is 1. The summed E-state index contributed by atoms with van der Waals surface area (Å²) < 4.78 is 1.57. The van der Waals surface area contributed by atoms with Crippen LogP contribution in [0.15, 0.2) is 41.5 Å². The van der Waals surface area contributed by atoms with E-state index in [1.54, 1.807) is 17.0 Å². The highest BCUT2D eigenvalue weighted by molar-refractivity contribution is 5.36. The Balaban J connectivity index is 2.36. The largest absolute Gasteiger partial charge is 0.330 e. The van der Waals surface area contributed by atoms with Crippen LogP contribution in [0.5, 0.6) is 0 Å². The topological polar surface area (TPSA) is 63.8 Å². The zero-order chi connectivity index (χ0) is 11.5. The molecule has 0 radical (unpaired) electrons. The molecule has 0 fully saturated rings. The standard InChI is InChI=1S/C12H15N3O/c1-9(13)7-10-3-2-4-11(8-10)15-6-5-14-12(15)16/h2-6,8-9H,7,13H2,1H3,(H,14,16). The third-order valence-corrected chi connectivity index (χ3v) is 2.40. The van der Waals surface area contributed by atoms with Crippen molar-refractivity contribution in [2.45, 2.75) is 19.4 Å². The molecule has 1 unspecified atom stereocenters. The monoisotopic (exact) mass is 217 g/mol. The second-order valence-electron chi connectivity index (χ2n) is 3.99. The molecule has 0 aliphatic heterocycles. The molecule has 4 nitrogen and oxygen atoms in total. The van der Waals surface area contributed by atoms with Gasteiger partial charge in [-0.25, -0.2) is 4.79 Å². The van der Waals surface area contributed by atoms with Crippen molar-refractivity contribution in [2.75, 3.05) is 0 Å². The van der Waals surface area contributed by atoms with E-state index in [0.717, 1.165) is 17.7 Å². The van der Waals surface area contributed by atoms with Crippen LogP contribution in [0.4, 0.5) is 0 Å². The fourth-order valence-electron chi connectivity index (χ4n) is 1.73. The SMILES string of the molecule is CC(N)Cc1cccc(-n2cc[nH]c2=O)c1. The minimum atomic E-state index is -0.127. The normalized spacial score (nSPS) is 12.6. The Hall–Kier alpha value is -1.81. The molecule has 0 bridgehead atoms. The smallest absolute Gasteiger partial charge is 0.328 e. The molecular weight excluding hydrogens is 202 g/mol. The average Bonchev–Trinajstić information content (AvgIpc) is 2.64. The number of nitrogens with zero attached hydrogens (tertiary/aromatic N) is 1. The molecule has 1 atom stereocenters. The van der Waals surface area contributed by atoms with Gasteiger partial charge in [0.05, 0.1) is 5.69 Å². The molecular formula is C12H15N3O. The number of nitrogens with one attached hydrogen (secondary N) is 1. The van der Waals surface area contributed by atoms with Crippen LogP contribution < -0.4 is 11.4 Å². The first-order chi connectivity index (χ1) is 7.66. The molecule has 3 N–H and O–H groups in total. The summed E-state index contributed by atoms with van der Waals surface area (Å²) in [5.41, 5.74) is 7.63. The maximum absolute atomic E-state index is 11.4. The molecule has 0 saturated heterocycles. The summed E-state index contributed by atoms with van der Waals surface area (Å²) in [5, 5.41) is 0. The Labute approximate surface area is 93.7 Å². The number of rotatable bonds is 3. The third kappa shape index (κ3) is 2.23. The highest BCUT2D eigenvalue weighted by Gasteiger charge is 2.02. The second-order valence-corrected chi connectivity index (χ2v) is 3.99. The van der Waals surface area contributed by atoms with Crippen molar-refractivity contribution in [3.8, 4) is 5.69 Å². The highest BCUT2D eigenvalue weighted by Crippen LogP contribution is 2.10. The van der Waals surface area contributed by atoms with Crippen LogP contribution in [0.25, 0.3) is 5.69 Å². The van der Waals surface area contributed by atoms with Crippen LogP contribution in [0.1, 0.15) is 12.5 Å². The molecule has 0 aliphatic rings. The van der Waals surface area contributed by atoms with Crippen molar-refractivity contribution < 1.29 is 0 Å². The summed E-state index contributed by atoms with van der Waals surface area (Å²) >= 11 is 0. The molecule has 2 aromatic rings. The van der Waals surface area contributed by atoms with Gasteiger partial charge in [-0.3, -0.25) is 4.57 Å². The van der Waals surface area contributed by atoms with Gasteiger partial charge in [-0.2, -0.15) is 0 Å². The second kappa shape index (κ2) is 4.37. The van der Waals surface area contributed by atoms with Crippen molar-refractivity contribution in [2.24, 2.45) is 5.73 Å². The first kappa shape index (κ1) is 10.7. The maximum atomic E-state index is 11.4. The van der Waals surface area contributed by atoms with Crippen LogP contribution in [-0.2, 0) is 6.42 Å². The van der Waals surface area contributed by atoms with Crippen molar-refractivity contribution in [1.82, 2.24) is 9.55 Å². The molecule has 1 aromatic heterocycles. The zero-order valence-electron chi connectivity index (χ0n) is 9.18. The highest BCUT2D eigenvalue weighted by atomic mass is 16.1. The average molecular weight is 217 g/mol. The first-order valence-corrected chi connectivity index (χ1v) is 5.28. The van der Waals surface area contributed by atoms with E-state index in [9.17, 15) is 4.79 Å². The number of hydrogen-bond donors (Lipinski definition) is 2. The summed E-state index contributed by atoms with van der Waals surface area (Å²) in [5.74, 6) is 0. The van der Waals surface area contributed by atoms with Gasteiger partial charge in [0.15, 0.2) is 0 Å². The number of aromatic amines is 1. The summed E-state index contributed by atoms with van der Waals surface area (Å²) in [6.07, 6.45) is 4.15. The molecule has 0 amide bonds. The molecule has 0 saturated carbocycles. The van der Waals surface area contributed by atoms with Gasteiger partial charge in [0, 0.05) is 18.4 Å². The van der Waals surface area contributed by atoms with Crippen molar-refractivity contribution in [3.05, 3.63) is 52.7 Å². The van der Waals surface area contributed by atoms with Gasteiger partial charge >= 0.3 is 5.69 Å². The van der Waals surface area contributed by atoms with Gasteiger partial charge in [-0.05, 0) is 31.0 Å². The lowest BCUT2D eigenvalue weighted by Gasteiger charge is -2.07. The molecule has 1 heterocycles. The van der Waals surface area contributed by atoms with Gasteiger partial charge in [0.25, 0.3) is 0 Å². The molecule has 0 aliphatic carbocycles. The molecule has 1 aromatic carbocycles. The van der Waals surface area contributed by atoms with E-state index in [2.05, 4.69) is 4.98 Å². The molecule has 0 spiro atoms. The Morgan fingerprint density at radius 1 is 1.50 bits per heavy atom. The quantitative estimate of drug-likeness (QED) is 0.807. The van der Waals surface area contributed by atoms with Crippen LogP contribution in [0, 0.1) is 0 Å². The van der Waals surface area contributed by atoms with Gasteiger partial charge in [-0.15, -0.1) is 0 Å². The number of aromatic nitrogens is 2. The fraction of sp³-hybridized carbons (Fsp3) is 0.250. The first-order valence-electron chi connectivity index (χ1n) is 5.28. The van der Waals surface area contributed by atoms with Gasteiger partial charge in [0.1, 0.15) is 0 Å². The molecule has 2 rings (SSSR count). The molecule has 84 valence electrons. The summed E-state index contributed by atoms with van der Waals surface area (Å²) in [6.45, 7) is 1.97. The zero-order valence-corrected chi connectivity index (χ0v) is 9.18. The van der Waals surface area contributed by atoms with Crippen molar-refractivity contribution >= 4 is 0 Å². The summed E-state index contributed by atoms with van der Waals surface area (Å²) in [6, 6.07) is 7.97. The molecule has 4 heteroatoms. The lowest BCUT2D eigenvalue weighted by atomic mass is 10.1. The Kier molecular flexibility index (Phi) is 2.92. The maximum Gasteiger partial charge on any atom is 0.330 e. The summed E-state index contributed by atoms with van der Waals surface area (Å²) in [4.78, 5) is 14.0. The third-order valence-electron chi connectivity index (χ3n) is 2.40. The van der Waals surface area contributed by atoms with E-state index in [-0.39, 0.29) is 11.7 Å². The minimum Gasteiger partial charge on any atom is -0.328 e. The molecule has 16 heavy (non-hydrogen) atoms. The van der Waals surface area contributed by atoms with E-state index < -0.39 is 0 Å².